The van der Waals surface area contributed by atoms with Crippen LogP contribution in [0.3, 0.4) is 0 Å². The number of hydrogen-bond acceptors (Lipinski definition) is 3. The minimum absolute atomic E-state index is 0.208. The average molecular weight is 266 g/mol. The molecule has 0 aromatic carbocycles. The van der Waals surface area contributed by atoms with Gasteiger partial charge in [-0.15, -0.1) is 0 Å². The summed E-state index contributed by atoms with van der Waals surface area (Å²) in [7, 11) is 2.01. The molecule has 110 valence electrons. The molecule has 0 amide bonds. The van der Waals surface area contributed by atoms with E-state index in [4.69, 9.17) is 5.84 Å². The first kappa shape index (κ1) is 16.2. The number of aromatic nitrogens is 2. The van der Waals surface area contributed by atoms with Gasteiger partial charge >= 0.3 is 0 Å². The fourth-order valence-electron chi connectivity index (χ4n) is 2.63. The molecule has 1 rings (SSSR count). The molecule has 0 aliphatic carbocycles. The van der Waals surface area contributed by atoms with E-state index in [1.54, 1.807) is 0 Å². The van der Waals surface area contributed by atoms with E-state index in [2.05, 4.69) is 37.4 Å². The number of rotatable bonds is 9. The second kappa shape index (κ2) is 8.33. The molecule has 1 aromatic rings. The third kappa shape index (κ3) is 4.62. The zero-order valence-corrected chi connectivity index (χ0v) is 12.9. The van der Waals surface area contributed by atoms with E-state index in [1.165, 1.54) is 31.4 Å². The fraction of sp³-hybridized carbons (Fsp3) is 0.800. The summed E-state index contributed by atoms with van der Waals surface area (Å²) in [5.41, 5.74) is 5.32. The standard InChI is InChI=1S/C15H30N4/c1-5-8-9-12(6-2)10-14(17-16)15-11-13(7-3)18-19(15)4/h11-12,14,17H,5-10,16H2,1-4H3. The highest BCUT2D eigenvalue weighted by Gasteiger charge is 2.19. The van der Waals surface area contributed by atoms with Crippen LogP contribution in [-0.2, 0) is 13.5 Å². The maximum Gasteiger partial charge on any atom is 0.0631 e. The Labute approximate surface area is 117 Å². The van der Waals surface area contributed by atoms with Gasteiger partial charge < -0.3 is 0 Å². The number of unbranched alkanes of at least 4 members (excludes halogenated alkanes) is 1. The van der Waals surface area contributed by atoms with Crippen LogP contribution in [0.25, 0.3) is 0 Å². The van der Waals surface area contributed by atoms with Crippen LogP contribution in [0.2, 0.25) is 0 Å². The number of hydrogen-bond donors (Lipinski definition) is 2. The zero-order valence-electron chi connectivity index (χ0n) is 12.9. The molecular weight excluding hydrogens is 236 g/mol. The summed E-state index contributed by atoms with van der Waals surface area (Å²) in [6.45, 7) is 6.65. The number of nitrogens with one attached hydrogen (secondary N) is 1. The van der Waals surface area contributed by atoms with E-state index >= 15 is 0 Å². The summed E-state index contributed by atoms with van der Waals surface area (Å²) < 4.78 is 1.97. The van der Waals surface area contributed by atoms with Gasteiger partial charge in [0.1, 0.15) is 0 Å². The topological polar surface area (TPSA) is 55.9 Å². The lowest BCUT2D eigenvalue weighted by Crippen LogP contribution is -2.31. The quantitative estimate of drug-likeness (QED) is 0.533. The highest BCUT2D eigenvalue weighted by atomic mass is 15.3. The van der Waals surface area contributed by atoms with Gasteiger partial charge in [0.15, 0.2) is 0 Å². The van der Waals surface area contributed by atoms with Crippen molar-refractivity contribution in [2.45, 2.75) is 65.3 Å². The summed E-state index contributed by atoms with van der Waals surface area (Å²) in [6, 6.07) is 2.39. The first-order chi connectivity index (χ1) is 9.15. The van der Waals surface area contributed by atoms with Gasteiger partial charge in [-0.25, -0.2) is 0 Å². The molecule has 2 unspecified atom stereocenters. The summed E-state index contributed by atoms with van der Waals surface area (Å²) in [5.74, 6) is 6.50. The fourth-order valence-corrected chi connectivity index (χ4v) is 2.63. The molecule has 0 saturated heterocycles. The highest BCUT2D eigenvalue weighted by molar-refractivity contribution is 5.14. The Balaban J connectivity index is 2.72. The summed E-state index contributed by atoms with van der Waals surface area (Å²) >= 11 is 0. The van der Waals surface area contributed by atoms with Gasteiger partial charge in [0.05, 0.1) is 17.4 Å². The molecule has 0 spiro atoms. The minimum atomic E-state index is 0.208. The van der Waals surface area contributed by atoms with Gasteiger partial charge in [0.25, 0.3) is 0 Å². The number of aryl methyl sites for hydroxylation is 2. The molecule has 4 nitrogen and oxygen atoms in total. The lowest BCUT2D eigenvalue weighted by atomic mass is 9.91. The molecule has 19 heavy (non-hydrogen) atoms. The van der Waals surface area contributed by atoms with E-state index in [9.17, 15) is 0 Å². The largest absolute Gasteiger partial charge is 0.271 e. The van der Waals surface area contributed by atoms with Crippen molar-refractivity contribution >= 4 is 0 Å². The highest BCUT2D eigenvalue weighted by Crippen LogP contribution is 2.26. The van der Waals surface area contributed by atoms with Crippen LogP contribution < -0.4 is 11.3 Å². The van der Waals surface area contributed by atoms with E-state index < -0.39 is 0 Å². The Bertz CT molecular complexity index is 359. The predicted molar refractivity (Wildman–Crippen MR) is 80.6 cm³/mol. The van der Waals surface area contributed by atoms with Crippen molar-refractivity contribution in [3.8, 4) is 0 Å². The normalized spacial score (nSPS) is 14.6. The van der Waals surface area contributed by atoms with Gasteiger partial charge in [-0.2, -0.15) is 5.10 Å². The van der Waals surface area contributed by atoms with Crippen molar-refractivity contribution < 1.29 is 0 Å². The maximum absolute atomic E-state index is 5.76. The van der Waals surface area contributed by atoms with Crippen LogP contribution >= 0.6 is 0 Å². The molecule has 0 radical (unpaired) electrons. The average Bonchev–Trinajstić information content (AvgIpc) is 2.80. The molecule has 3 N–H and O–H groups in total. The van der Waals surface area contributed by atoms with Crippen LogP contribution in [0.5, 0.6) is 0 Å². The Hall–Kier alpha value is -0.870. The van der Waals surface area contributed by atoms with Gasteiger partial charge in [-0.3, -0.25) is 16.0 Å². The van der Waals surface area contributed by atoms with Gasteiger partial charge in [-0.1, -0.05) is 46.5 Å². The van der Waals surface area contributed by atoms with Crippen molar-refractivity contribution in [2.24, 2.45) is 18.8 Å². The Morgan fingerprint density at radius 1 is 1.37 bits per heavy atom. The molecule has 1 aromatic heterocycles. The van der Waals surface area contributed by atoms with E-state index in [1.807, 2.05) is 11.7 Å². The third-order valence-corrected chi connectivity index (χ3v) is 4.00. The molecule has 1 heterocycles. The smallest absolute Gasteiger partial charge is 0.0631 e. The van der Waals surface area contributed by atoms with Crippen LogP contribution in [0.1, 0.15) is 70.3 Å². The number of nitrogens with zero attached hydrogens (tertiary/aromatic N) is 2. The first-order valence-corrected chi connectivity index (χ1v) is 7.65. The predicted octanol–water partition coefficient (Wildman–Crippen LogP) is 3.09. The monoisotopic (exact) mass is 266 g/mol. The summed E-state index contributed by atoms with van der Waals surface area (Å²) in [5, 5.41) is 4.51. The van der Waals surface area contributed by atoms with Crippen molar-refractivity contribution in [1.29, 1.82) is 0 Å². The molecule has 0 saturated carbocycles. The summed E-state index contributed by atoms with van der Waals surface area (Å²) in [4.78, 5) is 0. The third-order valence-electron chi connectivity index (χ3n) is 4.00. The Morgan fingerprint density at radius 2 is 2.11 bits per heavy atom. The lowest BCUT2D eigenvalue weighted by Gasteiger charge is -2.22. The zero-order chi connectivity index (χ0) is 14.3. The second-order valence-corrected chi connectivity index (χ2v) is 5.41. The lowest BCUT2D eigenvalue weighted by molar-refractivity contribution is 0.346. The molecule has 0 aliphatic heterocycles. The molecule has 4 heteroatoms. The molecule has 2 atom stereocenters. The van der Waals surface area contributed by atoms with E-state index in [0.717, 1.165) is 24.5 Å². The Morgan fingerprint density at radius 3 is 2.58 bits per heavy atom. The van der Waals surface area contributed by atoms with E-state index in [0.29, 0.717) is 0 Å². The first-order valence-electron chi connectivity index (χ1n) is 7.65. The van der Waals surface area contributed by atoms with Crippen LogP contribution in [0.4, 0.5) is 0 Å². The molecule has 0 bridgehead atoms. The van der Waals surface area contributed by atoms with Gasteiger partial charge in [0, 0.05) is 7.05 Å². The van der Waals surface area contributed by atoms with Crippen LogP contribution in [0, 0.1) is 5.92 Å². The molecular formula is C15H30N4. The van der Waals surface area contributed by atoms with Crippen LogP contribution in [-0.4, -0.2) is 9.78 Å². The molecule has 0 fully saturated rings. The van der Waals surface area contributed by atoms with E-state index in [-0.39, 0.29) is 6.04 Å². The number of hydrazine groups is 1. The van der Waals surface area contributed by atoms with Gasteiger partial charge in [-0.05, 0) is 24.8 Å². The number of nitrogens with two attached hydrogens (primary N) is 1. The SMILES string of the molecule is CCCCC(CC)CC(NN)c1cc(CC)nn1C. The Kier molecular flexibility index (Phi) is 7.10. The minimum Gasteiger partial charge on any atom is -0.271 e. The molecule has 0 aliphatic rings. The van der Waals surface area contributed by atoms with Crippen molar-refractivity contribution in [3.63, 3.8) is 0 Å². The summed E-state index contributed by atoms with van der Waals surface area (Å²) in [6.07, 6.45) is 7.15. The van der Waals surface area contributed by atoms with Crippen molar-refractivity contribution in [2.75, 3.05) is 0 Å². The van der Waals surface area contributed by atoms with Crippen molar-refractivity contribution in [3.05, 3.63) is 17.5 Å². The second-order valence-electron chi connectivity index (χ2n) is 5.41. The maximum atomic E-state index is 5.76. The van der Waals surface area contributed by atoms with Crippen molar-refractivity contribution in [1.82, 2.24) is 15.2 Å². The van der Waals surface area contributed by atoms with Gasteiger partial charge in [0.2, 0.25) is 0 Å². The van der Waals surface area contributed by atoms with Crippen LogP contribution in [0.15, 0.2) is 6.07 Å².